The maximum absolute atomic E-state index is 12.9. The summed E-state index contributed by atoms with van der Waals surface area (Å²) in [4.78, 5) is 12.7. The summed E-state index contributed by atoms with van der Waals surface area (Å²) < 4.78 is 63.4. The van der Waals surface area contributed by atoms with Crippen molar-refractivity contribution >= 4 is 11.6 Å². The Balaban J connectivity index is 1.97. The Morgan fingerprint density at radius 3 is 2.25 bits per heavy atom. The molecule has 32 heavy (non-hydrogen) atoms. The highest BCUT2D eigenvalue weighted by Gasteiger charge is 2.30. The average molecular weight is 452 g/mol. The molecule has 2 aromatic carbocycles. The Bertz CT molecular complexity index is 975. The summed E-state index contributed by atoms with van der Waals surface area (Å²) in [6.45, 7) is 5.02. The molecule has 0 aliphatic carbocycles. The van der Waals surface area contributed by atoms with Crippen LogP contribution >= 0.6 is 0 Å². The van der Waals surface area contributed by atoms with Gasteiger partial charge in [-0.25, -0.2) is 0 Å². The second kappa shape index (κ2) is 10.9. The molecule has 1 amide bonds. The smallest absolute Gasteiger partial charge is 0.348 e. The van der Waals surface area contributed by atoms with E-state index in [0.29, 0.717) is 16.7 Å². The number of hydrogen-bond donors (Lipinski definition) is 2. The maximum Gasteiger partial charge on any atom is 0.416 e. The van der Waals surface area contributed by atoms with Gasteiger partial charge in [0.1, 0.15) is 0 Å². The first kappa shape index (κ1) is 25.1. The highest BCUT2D eigenvalue weighted by atomic mass is 19.4. The van der Waals surface area contributed by atoms with Crippen LogP contribution in [-0.4, -0.2) is 12.5 Å². The Morgan fingerprint density at radius 1 is 1.03 bits per heavy atom. The van der Waals surface area contributed by atoms with Gasteiger partial charge in [-0.1, -0.05) is 48.1 Å². The van der Waals surface area contributed by atoms with E-state index in [1.54, 1.807) is 32.0 Å². The van der Waals surface area contributed by atoms with Gasteiger partial charge in [0.25, 0.3) is 0 Å². The van der Waals surface area contributed by atoms with Crippen molar-refractivity contribution in [2.24, 2.45) is 0 Å². The molecule has 172 valence electrons. The van der Waals surface area contributed by atoms with Crippen LogP contribution in [0.1, 0.15) is 37.0 Å². The topological polar surface area (TPSA) is 41.1 Å². The summed E-state index contributed by atoms with van der Waals surface area (Å²) in [5.74, 6) is -0.315. The number of allylic oxidation sites excluding steroid dienone is 2. The molecule has 0 bridgehead atoms. The van der Waals surface area contributed by atoms with E-state index in [1.165, 1.54) is 18.2 Å². The van der Waals surface area contributed by atoms with E-state index in [-0.39, 0.29) is 31.0 Å². The first-order valence-corrected chi connectivity index (χ1v) is 9.86. The maximum atomic E-state index is 12.9. The normalized spacial score (nSPS) is 11.2. The lowest BCUT2D eigenvalue weighted by Crippen LogP contribution is -2.25. The molecule has 0 saturated carbocycles. The van der Waals surface area contributed by atoms with E-state index >= 15 is 0 Å². The zero-order chi connectivity index (χ0) is 23.9. The quantitative estimate of drug-likeness (QED) is 0.198. The van der Waals surface area contributed by atoms with E-state index in [4.69, 9.17) is 0 Å². The number of anilines is 1. The molecule has 8 heteroatoms. The zero-order valence-corrected chi connectivity index (χ0v) is 17.8. The van der Waals surface area contributed by atoms with Crippen molar-refractivity contribution in [3.05, 3.63) is 88.5 Å². The second-order valence-corrected chi connectivity index (χ2v) is 7.60. The third-order valence-electron chi connectivity index (χ3n) is 4.70. The largest absolute Gasteiger partial charge is 0.416 e. The summed E-state index contributed by atoms with van der Waals surface area (Å²) in [7, 11) is 0. The molecule has 0 aromatic heterocycles. The minimum atomic E-state index is -4.42. The Morgan fingerprint density at radius 2 is 1.69 bits per heavy atom. The molecule has 0 aliphatic heterocycles. The first-order valence-electron chi connectivity index (χ1n) is 9.86. The van der Waals surface area contributed by atoms with Gasteiger partial charge in [-0.05, 0) is 56.0 Å². The van der Waals surface area contributed by atoms with E-state index in [0.717, 1.165) is 23.3 Å². The van der Waals surface area contributed by atoms with Crippen molar-refractivity contribution in [1.82, 2.24) is 5.32 Å². The fourth-order valence-corrected chi connectivity index (χ4v) is 3.08. The molecule has 2 aromatic rings. The second-order valence-electron chi connectivity index (χ2n) is 7.60. The van der Waals surface area contributed by atoms with Crippen molar-refractivity contribution in [3.63, 3.8) is 0 Å². The lowest BCUT2D eigenvalue weighted by molar-refractivity contribution is -0.137. The van der Waals surface area contributed by atoms with Crippen molar-refractivity contribution in [2.45, 2.75) is 46.0 Å². The summed E-state index contributed by atoms with van der Waals surface area (Å²) in [6.07, 6.45) is -3.98. The minimum absolute atomic E-state index is 0.199. The standard InChI is InChI=1S/C24H25F5N2O/c1-15(2)21(12-16(3)11-18-5-4-6-19(13-18)24(27,28)29)22(32)30-14-17-7-9-20(10-8-17)31-23(25)26/h4-10,13,23,31H,3,11-12,14H2,1-2H3,(H,30,32). The predicted octanol–water partition coefficient (Wildman–Crippen LogP) is 6.48. The molecule has 2 rings (SSSR count). The van der Waals surface area contributed by atoms with Crippen LogP contribution in [0.25, 0.3) is 0 Å². The average Bonchev–Trinajstić information content (AvgIpc) is 2.70. The van der Waals surface area contributed by atoms with Crippen LogP contribution in [-0.2, 0) is 23.9 Å². The Kier molecular flexibility index (Phi) is 8.57. The number of carbonyl (C=O) groups is 1. The molecular formula is C24H25F5N2O. The third kappa shape index (κ3) is 7.83. The molecule has 3 nitrogen and oxygen atoms in total. The van der Waals surface area contributed by atoms with Crippen LogP contribution < -0.4 is 10.6 Å². The van der Waals surface area contributed by atoms with Gasteiger partial charge in [-0.3, -0.25) is 4.79 Å². The van der Waals surface area contributed by atoms with E-state index < -0.39 is 18.3 Å². The Hall–Kier alpha value is -3.16. The van der Waals surface area contributed by atoms with E-state index in [1.807, 2.05) is 5.32 Å². The van der Waals surface area contributed by atoms with Crippen molar-refractivity contribution in [3.8, 4) is 0 Å². The van der Waals surface area contributed by atoms with Crippen LogP contribution in [0.3, 0.4) is 0 Å². The van der Waals surface area contributed by atoms with E-state index in [9.17, 15) is 26.7 Å². The van der Waals surface area contributed by atoms with Crippen LogP contribution in [0, 0.1) is 0 Å². The number of alkyl halides is 5. The fourth-order valence-electron chi connectivity index (χ4n) is 3.08. The predicted molar refractivity (Wildman–Crippen MR) is 115 cm³/mol. The van der Waals surface area contributed by atoms with Gasteiger partial charge in [0.05, 0.1) is 5.56 Å². The lowest BCUT2D eigenvalue weighted by Gasteiger charge is -2.14. The monoisotopic (exact) mass is 452 g/mol. The van der Waals surface area contributed by atoms with Gasteiger partial charge in [-0.2, -0.15) is 22.0 Å². The SMILES string of the molecule is C=C(CC(C(=O)NCc1ccc(NC(F)F)cc1)=C(C)C)Cc1cccc(C(F)(F)F)c1. The van der Waals surface area contributed by atoms with Crippen molar-refractivity contribution in [1.29, 1.82) is 0 Å². The van der Waals surface area contributed by atoms with Gasteiger partial charge >= 0.3 is 12.7 Å². The number of carbonyl (C=O) groups excluding carboxylic acids is 1. The molecule has 0 fully saturated rings. The zero-order valence-electron chi connectivity index (χ0n) is 17.8. The summed E-state index contributed by atoms with van der Waals surface area (Å²) in [6, 6.07) is 11.3. The summed E-state index contributed by atoms with van der Waals surface area (Å²) >= 11 is 0. The number of amides is 1. The van der Waals surface area contributed by atoms with Gasteiger partial charge < -0.3 is 10.6 Å². The number of hydrogen-bond acceptors (Lipinski definition) is 2. The van der Waals surface area contributed by atoms with Gasteiger partial charge in [0, 0.05) is 17.8 Å². The molecule has 0 heterocycles. The van der Waals surface area contributed by atoms with Crippen LogP contribution in [0.15, 0.2) is 71.8 Å². The van der Waals surface area contributed by atoms with E-state index in [2.05, 4.69) is 11.9 Å². The summed E-state index contributed by atoms with van der Waals surface area (Å²) in [5, 5.41) is 4.77. The molecular weight excluding hydrogens is 427 g/mol. The molecule has 0 atom stereocenters. The molecule has 0 aliphatic rings. The first-order chi connectivity index (χ1) is 15.0. The molecule has 0 radical (unpaired) electrons. The number of nitrogens with one attached hydrogen (secondary N) is 2. The van der Waals surface area contributed by atoms with Crippen LogP contribution in [0.5, 0.6) is 0 Å². The van der Waals surface area contributed by atoms with Crippen LogP contribution in [0.2, 0.25) is 0 Å². The highest BCUT2D eigenvalue weighted by molar-refractivity contribution is 5.94. The minimum Gasteiger partial charge on any atom is -0.348 e. The number of benzene rings is 2. The number of halogens is 5. The Labute approximate surface area is 184 Å². The fraction of sp³-hybridized carbons (Fsp3) is 0.292. The number of rotatable bonds is 9. The molecule has 2 N–H and O–H groups in total. The lowest BCUT2D eigenvalue weighted by atomic mass is 9.96. The third-order valence-corrected chi connectivity index (χ3v) is 4.70. The highest BCUT2D eigenvalue weighted by Crippen LogP contribution is 2.30. The molecule has 0 spiro atoms. The molecule has 0 saturated heterocycles. The van der Waals surface area contributed by atoms with Crippen LogP contribution in [0.4, 0.5) is 27.6 Å². The van der Waals surface area contributed by atoms with Gasteiger partial charge in [0.15, 0.2) is 0 Å². The molecule has 0 unspecified atom stereocenters. The van der Waals surface area contributed by atoms with Gasteiger partial charge in [0.2, 0.25) is 5.91 Å². The van der Waals surface area contributed by atoms with Crippen molar-refractivity contribution in [2.75, 3.05) is 5.32 Å². The summed E-state index contributed by atoms with van der Waals surface area (Å²) in [5.41, 5.74) is 2.61. The van der Waals surface area contributed by atoms with Crippen molar-refractivity contribution < 1.29 is 26.7 Å². The van der Waals surface area contributed by atoms with Gasteiger partial charge in [-0.15, -0.1) is 0 Å².